The van der Waals surface area contributed by atoms with Crippen molar-refractivity contribution in [2.45, 2.75) is 84.3 Å². The summed E-state index contributed by atoms with van der Waals surface area (Å²) < 4.78 is 6.48. The summed E-state index contributed by atoms with van der Waals surface area (Å²) in [4.78, 5) is 21.4. The van der Waals surface area contributed by atoms with E-state index < -0.39 is 0 Å². The van der Waals surface area contributed by atoms with Gasteiger partial charge in [-0.1, -0.05) is 31.4 Å². The number of aryl methyl sites for hydroxylation is 1. The molecule has 0 fully saturated rings. The zero-order chi connectivity index (χ0) is 23.6. The molecule has 176 valence electrons. The summed E-state index contributed by atoms with van der Waals surface area (Å²) in [6.45, 7) is 8.88. The average molecular weight is 450 g/mol. The van der Waals surface area contributed by atoms with Crippen LogP contribution in [0.1, 0.15) is 92.8 Å². The standard InChI is InChI=1S/C27H35N3O3/c1-5-6-7-8-19-12-22-24(20-11-17(2)9-10-21(20)27(3,4)33-22)25(31)23(19)26(32)30-15-18-13-28-16-29-14-18/h11-14,16,20-21,31H,5-10,15H2,1-4H3,(H,30,32). The van der Waals surface area contributed by atoms with Crippen LogP contribution in [0.15, 0.2) is 36.4 Å². The number of carbonyl (C=O) groups is 1. The fourth-order valence-corrected chi connectivity index (χ4v) is 5.32. The van der Waals surface area contributed by atoms with Crippen molar-refractivity contribution >= 4 is 5.91 Å². The largest absolute Gasteiger partial charge is 0.507 e. The SMILES string of the molecule is CCCCCc1cc2c(c(O)c1C(=O)NCc1cncnc1)C1C=C(C)CCC1C(C)(C)O2. The van der Waals surface area contributed by atoms with Crippen molar-refractivity contribution < 1.29 is 14.6 Å². The first kappa shape index (κ1) is 23.3. The van der Waals surface area contributed by atoms with Crippen LogP contribution >= 0.6 is 0 Å². The van der Waals surface area contributed by atoms with Crippen LogP contribution in [0.3, 0.4) is 0 Å². The Balaban J connectivity index is 1.75. The molecule has 2 aliphatic rings. The molecule has 6 nitrogen and oxygen atoms in total. The van der Waals surface area contributed by atoms with Crippen LogP contribution in [-0.2, 0) is 13.0 Å². The fraction of sp³-hybridized carbons (Fsp3) is 0.519. The number of phenols is 1. The summed E-state index contributed by atoms with van der Waals surface area (Å²) in [5, 5.41) is 14.5. The molecule has 2 heterocycles. The van der Waals surface area contributed by atoms with Gasteiger partial charge in [0, 0.05) is 41.9 Å². The number of amides is 1. The molecule has 0 radical (unpaired) electrons. The Morgan fingerprint density at radius 2 is 2.03 bits per heavy atom. The Bertz CT molecular complexity index is 1050. The number of nitrogens with one attached hydrogen (secondary N) is 1. The number of hydrogen-bond donors (Lipinski definition) is 2. The molecule has 33 heavy (non-hydrogen) atoms. The molecule has 1 aromatic carbocycles. The number of fused-ring (bicyclic) bond motifs is 3. The zero-order valence-electron chi connectivity index (χ0n) is 20.1. The average Bonchev–Trinajstić information content (AvgIpc) is 2.77. The molecule has 6 heteroatoms. The summed E-state index contributed by atoms with van der Waals surface area (Å²) in [7, 11) is 0. The van der Waals surface area contributed by atoms with Crippen molar-refractivity contribution in [3.8, 4) is 11.5 Å². The number of nitrogens with zero attached hydrogens (tertiary/aromatic N) is 2. The van der Waals surface area contributed by atoms with Crippen molar-refractivity contribution in [1.82, 2.24) is 15.3 Å². The zero-order valence-corrected chi connectivity index (χ0v) is 20.1. The molecule has 1 amide bonds. The third-order valence-electron chi connectivity index (χ3n) is 7.07. The summed E-state index contributed by atoms with van der Waals surface area (Å²) in [5.74, 6) is 0.796. The lowest BCUT2D eigenvalue weighted by Gasteiger charge is -2.46. The first-order valence-corrected chi connectivity index (χ1v) is 12.1. The highest BCUT2D eigenvalue weighted by atomic mass is 16.5. The number of benzene rings is 1. The number of unbranched alkanes of at least 4 members (excludes halogenated alkanes) is 2. The third-order valence-corrected chi connectivity index (χ3v) is 7.07. The van der Waals surface area contributed by atoms with Gasteiger partial charge in [-0.2, -0.15) is 0 Å². The molecule has 1 aromatic heterocycles. The van der Waals surface area contributed by atoms with Gasteiger partial charge in [-0.25, -0.2) is 9.97 Å². The van der Waals surface area contributed by atoms with Crippen LogP contribution in [-0.4, -0.2) is 26.6 Å². The molecule has 2 unspecified atom stereocenters. The monoisotopic (exact) mass is 449 g/mol. The van der Waals surface area contributed by atoms with Crippen molar-refractivity contribution in [3.63, 3.8) is 0 Å². The molecule has 2 N–H and O–H groups in total. The number of phenolic OH excluding ortho intramolecular Hbond substituents is 1. The lowest BCUT2D eigenvalue weighted by Crippen LogP contribution is -2.45. The molecule has 2 atom stereocenters. The molecule has 0 saturated carbocycles. The highest BCUT2D eigenvalue weighted by molar-refractivity contribution is 5.99. The van der Waals surface area contributed by atoms with Crippen LogP contribution < -0.4 is 10.1 Å². The Morgan fingerprint density at radius 1 is 1.27 bits per heavy atom. The molecule has 4 rings (SSSR count). The lowest BCUT2D eigenvalue weighted by atomic mass is 9.67. The van der Waals surface area contributed by atoms with Gasteiger partial charge in [0.15, 0.2) is 0 Å². The van der Waals surface area contributed by atoms with Crippen LogP contribution in [0, 0.1) is 5.92 Å². The summed E-state index contributed by atoms with van der Waals surface area (Å²) in [6, 6.07) is 2.00. The maximum absolute atomic E-state index is 13.4. The van der Waals surface area contributed by atoms with Crippen LogP contribution in [0.25, 0.3) is 0 Å². The van der Waals surface area contributed by atoms with Crippen molar-refractivity contribution in [2.75, 3.05) is 0 Å². The minimum absolute atomic E-state index is 0.0382. The van der Waals surface area contributed by atoms with Crippen LogP contribution in [0.2, 0.25) is 0 Å². The van der Waals surface area contributed by atoms with Gasteiger partial charge in [0.1, 0.15) is 23.4 Å². The second-order valence-electron chi connectivity index (χ2n) is 9.95. The highest BCUT2D eigenvalue weighted by Crippen LogP contribution is 2.54. The van der Waals surface area contributed by atoms with E-state index in [4.69, 9.17) is 4.74 Å². The van der Waals surface area contributed by atoms with E-state index in [0.717, 1.165) is 55.2 Å². The highest BCUT2D eigenvalue weighted by Gasteiger charge is 2.46. The van der Waals surface area contributed by atoms with E-state index in [9.17, 15) is 9.90 Å². The smallest absolute Gasteiger partial charge is 0.255 e. The van der Waals surface area contributed by atoms with E-state index in [1.165, 1.54) is 11.9 Å². The molecule has 0 spiro atoms. The number of carbonyl (C=O) groups excluding carboxylic acids is 1. The molecule has 0 saturated heterocycles. The summed E-state index contributed by atoms with van der Waals surface area (Å²) >= 11 is 0. The molecular formula is C27H35N3O3. The minimum atomic E-state index is -0.334. The predicted molar refractivity (Wildman–Crippen MR) is 128 cm³/mol. The van der Waals surface area contributed by atoms with Gasteiger partial charge in [0.25, 0.3) is 5.91 Å². The topological polar surface area (TPSA) is 84.3 Å². The number of rotatable bonds is 7. The quantitative estimate of drug-likeness (QED) is 0.433. The second-order valence-corrected chi connectivity index (χ2v) is 9.95. The first-order chi connectivity index (χ1) is 15.8. The van der Waals surface area contributed by atoms with Gasteiger partial charge >= 0.3 is 0 Å². The van der Waals surface area contributed by atoms with Gasteiger partial charge in [0.2, 0.25) is 0 Å². The van der Waals surface area contributed by atoms with E-state index >= 15 is 0 Å². The number of ether oxygens (including phenoxy) is 1. The number of hydrogen-bond acceptors (Lipinski definition) is 5. The fourth-order valence-electron chi connectivity index (χ4n) is 5.32. The van der Waals surface area contributed by atoms with E-state index in [2.05, 4.69) is 49.1 Å². The van der Waals surface area contributed by atoms with Crippen molar-refractivity contribution in [3.05, 3.63) is 58.7 Å². The predicted octanol–water partition coefficient (Wildman–Crippen LogP) is 5.46. The van der Waals surface area contributed by atoms with E-state index in [-0.39, 0.29) is 29.1 Å². The maximum atomic E-state index is 13.4. The first-order valence-electron chi connectivity index (χ1n) is 12.1. The normalized spacial score (nSPS) is 20.8. The summed E-state index contributed by atoms with van der Waals surface area (Å²) in [5.41, 5.74) is 3.77. The van der Waals surface area contributed by atoms with Crippen LogP contribution in [0.4, 0.5) is 0 Å². The Morgan fingerprint density at radius 3 is 2.76 bits per heavy atom. The number of aromatic nitrogens is 2. The molecular weight excluding hydrogens is 414 g/mol. The maximum Gasteiger partial charge on any atom is 0.255 e. The lowest BCUT2D eigenvalue weighted by molar-refractivity contribution is 0.0107. The number of aromatic hydroxyl groups is 1. The molecule has 1 aliphatic heterocycles. The van der Waals surface area contributed by atoms with Gasteiger partial charge < -0.3 is 15.2 Å². The molecule has 0 bridgehead atoms. The Kier molecular flexibility index (Phi) is 6.73. The van der Waals surface area contributed by atoms with Crippen molar-refractivity contribution in [2.24, 2.45) is 5.92 Å². The van der Waals surface area contributed by atoms with Gasteiger partial charge in [-0.3, -0.25) is 4.79 Å². The summed E-state index contributed by atoms with van der Waals surface area (Å²) in [6.07, 6.45) is 13.0. The van der Waals surface area contributed by atoms with Gasteiger partial charge in [-0.05, 0) is 58.1 Å². The minimum Gasteiger partial charge on any atom is -0.507 e. The Hall–Kier alpha value is -2.89. The molecule has 2 aromatic rings. The Labute approximate surface area is 196 Å². The van der Waals surface area contributed by atoms with Gasteiger partial charge in [-0.15, -0.1) is 0 Å². The van der Waals surface area contributed by atoms with Gasteiger partial charge in [0.05, 0.1) is 5.56 Å². The van der Waals surface area contributed by atoms with E-state index in [1.54, 1.807) is 12.4 Å². The van der Waals surface area contributed by atoms with E-state index in [0.29, 0.717) is 17.9 Å². The number of allylic oxidation sites excluding steroid dienone is 2. The molecule has 1 aliphatic carbocycles. The second kappa shape index (κ2) is 9.54. The third kappa shape index (κ3) is 4.75. The van der Waals surface area contributed by atoms with E-state index in [1.807, 2.05) is 6.07 Å². The van der Waals surface area contributed by atoms with Crippen LogP contribution in [0.5, 0.6) is 11.5 Å². The van der Waals surface area contributed by atoms with Crippen molar-refractivity contribution in [1.29, 1.82) is 0 Å².